The Hall–Kier alpha value is -0.950. The largest absolute Gasteiger partial charge is 0.455 e. The molecule has 0 aliphatic heterocycles. The van der Waals surface area contributed by atoms with Gasteiger partial charge in [-0.05, 0) is 25.9 Å². The summed E-state index contributed by atoms with van der Waals surface area (Å²) in [5, 5.41) is 15.1. The van der Waals surface area contributed by atoms with E-state index >= 15 is 0 Å². The minimum absolute atomic E-state index is 0.274. The van der Waals surface area contributed by atoms with E-state index in [2.05, 4.69) is 9.79 Å². The summed E-state index contributed by atoms with van der Waals surface area (Å²) in [5.74, 6) is 1.06. The van der Waals surface area contributed by atoms with Gasteiger partial charge in [0.25, 0.3) is 5.03 Å². The van der Waals surface area contributed by atoms with Gasteiger partial charge in [-0.1, -0.05) is 11.8 Å². The summed E-state index contributed by atoms with van der Waals surface area (Å²) in [6, 6.07) is 0. The molecule has 0 unspecified atom stereocenters. The molecule has 15 heavy (non-hydrogen) atoms. The van der Waals surface area contributed by atoms with Crippen molar-refractivity contribution in [2.45, 2.75) is 11.9 Å². The Bertz CT molecular complexity index is 303. The molecule has 0 saturated heterocycles. The minimum Gasteiger partial charge on any atom is -0.455 e. The van der Waals surface area contributed by atoms with Gasteiger partial charge in [0, 0.05) is 12.3 Å². The fraction of sp³-hybridized carbons (Fsp3) is 0.750. The monoisotopic (exact) mass is 233 g/mol. The second-order valence-electron chi connectivity index (χ2n) is 3.13. The van der Waals surface area contributed by atoms with Crippen LogP contribution in [0.1, 0.15) is 6.92 Å². The van der Waals surface area contributed by atoms with Crippen molar-refractivity contribution in [2.24, 2.45) is 0 Å². The van der Waals surface area contributed by atoms with Crippen LogP contribution in [0.15, 0.2) is 9.65 Å². The molecule has 1 aromatic heterocycles. The number of ether oxygens (including phenoxy) is 1. The normalized spacial score (nSPS) is 10.9. The van der Waals surface area contributed by atoms with Crippen LogP contribution >= 0.6 is 11.8 Å². The van der Waals surface area contributed by atoms with Gasteiger partial charge in [-0.25, -0.2) is 0 Å². The van der Waals surface area contributed by atoms with Crippen LogP contribution in [0.5, 0.6) is 5.88 Å². The molecule has 6 nitrogen and oxygen atoms in total. The standard InChI is InChI=1S/C8H15N3O3S/c1-4-13-7-8(11(12)14-9-7)15-6-5-10(2)3/h4-6H2,1-3H3. The SMILES string of the molecule is CCOc1no[n+]([O-])c1SCCN(C)C. The van der Waals surface area contributed by atoms with E-state index in [4.69, 9.17) is 4.74 Å². The van der Waals surface area contributed by atoms with Crippen LogP contribution in [0.2, 0.25) is 0 Å². The van der Waals surface area contributed by atoms with Crippen LogP contribution in [0.3, 0.4) is 0 Å². The lowest BCUT2D eigenvalue weighted by molar-refractivity contribution is -0.831. The average Bonchev–Trinajstić information content (AvgIpc) is 2.50. The highest BCUT2D eigenvalue weighted by molar-refractivity contribution is 7.99. The van der Waals surface area contributed by atoms with E-state index in [1.807, 2.05) is 25.9 Å². The quantitative estimate of drug-likeness (QED) is 0.522. The zero-order valence-electron chi connectivity index (χ0n) is 9.10. The molecule has 0 aliphatic carbocycles. The molecule has 0 bridgehead atoms. The Morgan fingerprint density at radius 1 is 1.60 bits per heavy atom. The van der Waals surface area contributed by atoms with Gasteiger partial charge in [-0.3, -0.25) is 4.63 Å². The van der Waals surface area contributed by atoms with E-state index < -0.39 is 0 Å². The molecule has 0 radical (unpaired) electrons. The van der Waals surface area contributed by atoms with Crippen LogP contribution in [-0.4, -0.2) is 43.1 Å². The number of aromatic nitrogens is 2. The van der Waals surface area contributed by atoms with Crippen molar-refractivity contribution in [3.63, 3.8) is 0 Å². The van der Waals surface area contributed by atoms with Gasteiger partial charge in [0.15, 0.2) is 0 Å². The van der Waals surface area contributed by atoms with Crippen LogP contribution < -0.4 is 9.64 Å². The highest BCUT2D eigenvalue weighted by Crippen LogP contribution is 2.23. The van der Waals surface area contributed by atoms with Gasteiger partial charge in [0.05, 0.1) is 11.8 Å². The molecule has 0 spiro atoms. The molecule has 1 aromatic rings. The third kappa shape index (κ3) is 3.60. The first-order valence-corrected chi connectivity index (χ1v) is 5.63. The van der Waals surface area contributed by atoms with E-state index in [0.29, 0.717) is 16.5 Å². The van der Waals surface area contributed by atoms with Gasteiger partial charge < -0.3 is 14.8 Å². The summed E-state index contributed by atoms with van der Waals surface area (Å²) < 4.78 is 9.61. The molecule has 0 saturated carbocycles. The first-order valence-electron chi connectivity index (χ1n) is 4.65. The maximum atomic E-state index is 11.2. The number of hydrogen-bond acceptors (Lipinski definition) is 6. The summed E-state index contributed by atoms with van der Waals surface area (Å²) in [6.45, 7) is 3.17. The van der Waals surface area contributed by atoms with Crippen molar-refractivity contribution in [2.75, 3.05) is 33.0 Å². The van der Waals surface area contributed by atoms with Gasteiger partial charge >= 0.3 is 5.88 Å². The Morgan fingerprint density at radius 2 is 2.33 bits per heavy atom. The Morgan fingerprint density at radius 3 is 2.93 bits per heavy atom. The molecule has 1 rings (SSSR count). The van der Waals surface area contributed by atoms with E-state index in [-0.39, 0.29) is 5.88 Å². The number of hydrogen-bond donors (Lipinski definition) is 0. The van der Waals surface area contributed by atoms with Crippen LogP contribution in [0.4, 0.5) is 0 Å². The first-order chi connectivity index (χ1) is 7.15. The van der Waals surface area contributed by atoms with Crippen molar-refractivity contribution in [1.82, 2.24) is 10.1 Å². The highest BCUT2D eigenvalue weighted by atomic mass is 32.2. The Labute approximate surface area is 92.7 Å². The second kappa shape index (κ2) is 5.82. The van der Waals surface area contributed by atoms with E-state index in [9.17, 15) is 5.21 Å². The molecule has 1 heterocycles. The fourth-order valence-electron chi connectivity index (χ4n) is 0.893. The van der Waals surface area contributed by atoms with Crippen LogP contribution in [0, 0.1) is 5.21 Å². The predicted octanol–water partition coefficient (Wildman–Crippen LogP) is 0.360. The summed E-state index contributed by atoms with van der Waals surface area (Å²) in [7, 11) is 3.95. The topological polar surface area (TPSA) is 65.4 Å². The average molecular weight is 233 g/mol. The zero-order valence-corrected chi connectivity index (χ0v) is 9.91. The summed E-state index contributed by atoms with van der Waals surface area (Å²) in [5.41, 5.74) is 0. The van der Waals surface area contributed by atoms with Crippen molar-refractivity contribution in [3.05, 3.63) is 5.21 Å². The van der Waals surface area contributed by atoms with Crippen molar-refractivity contribution in [3.8, 4) is 5.88 Å². The lowest BCUT2D eigenvalue weighted by Crippen LogP contribution is -2.26. The van der Waals surface area contributed by atoms with Crippen molar-refractivity contribution < 1.29 is 14.3 Å². The number of thioether (sulfide) groups is 1. The second-order valence-corrected chi connectivity index (χ2v) is 4.21. The van der Waals surface area contributed by atoms with E-state index in [1.54, 1.807) is 0 Å². The van der Waals surface area contributed by atoms with Crippen LogP contribution in [0.25, 0.3) is 0 Å². The molecule has 0 amide bonds. The fourth-order valence-corrected chi connectivity index (χ4v) is 1.90. The summed E-state index contributed by atoms with van der Waals surface area (Å²) in [4.78, 5) is 2.42. The molecule has 0 aliphatic rings. The van der Waals surface area contributed by atoms with Gasteiger partial charge in [-0.2, -0.15) is 0 Å². The first kappa shape index (κ1) is 12.1. The Kier molecular flexibility index (Phi) is 4.70. The smallest absolute Gasteiger partial charge is 0.409 e. The molecule has 7 heteroatoms. The third-order valence-electron chi connectivity index (χ3n) is 1.61. The molecular formula is C8H15N3O3S. The van der Waals surface area contributed by atoms with E-state index in [0.717, 1.165) is 12.3 Å². The minimum atomic E-state index is 0.274. The Balaban J connectivity index is 2.54. The van der Waals surface area contributed by atoms with Crippen LogP contribution in [-0.2, 0) is 0 Å². The van der Waals surface area contributed by atoms with Gasteiger partial charge in [0.1, 0.15) is 0 Å². The molecule has 0 fully saturated rings. The van der Waals surface area contributed by atoms with Crippen molar-refractivity contribution in [1.29, 1.82) is 0 Å². The molecule has 0 atom stereocenters. The maximum Gasteiger partial charge on any atom is 0.409 e. The number of rotatable bonds is 6. The maximum absolute atomic E-state index is 11.2. The summed E-state index contributed by atoms with van der Waals surface area (Å²) >= 11 is 1.38. The lowest BCUT2D eigenvalue weighted by atomic mass is 10.7. The highest BCUT2D eigenvalue weighted by Gasteiger charge is 2.20. The third-order valence-corrected chi connectivity index (χ3v) is 2.59. The van der Waals surface area contributed by atoms with Gasteiger partial charge in [-0.15, -0.1) is 0 Å². The molecule has 0 aromatic carbocycles. The lowest BCUT2D eigenvalue weighted by Gasteiger charge is -2.07. The number of nitrogens with zero attached hydrogens (tertiary/aromatic N) is 3. The molecule has 86 valence electrons. The van der Waals surface area contributed by atoms with Gasteiger partial charge in [0.2, 0.25) is 0 Å². The molecular weight excluding hydrogens is 218 g/mol. The van der Waals surface area contributed by atoms with E-state index in [1.165, 1.54) is 11.8 Å². The zero-order chi connectivity index (χ0) is 11.3. The summed E-state index contributed by atoms with van der Waals surface area (Å²) in [6.07, 6.45) is 0. The predicted molar refractivity (Wildman–Crippen MR) is 55.9 cm³/mol. The molecule has 0 N–H and O–H groups in total. The van der Waals surface area contributed by atoms with Crippen molar-refractivity contribution >= 4 is 11.8 Å².